The van der Waals surface area contributed by atoms with E-state index in [-0.39, 0.29) is 62.5 Å². The van der Waals surface area contributed by atoms with Crippen LogP contribution in [0.2, 0.25) is 0 Å². The maximum absolute atomic E-state index is 13.0. The van der Waals surface area contributed by atoms with Crippen LogP contribution in [0.3, 0.4) is 0 Å². The van der Waals surface area contributed by atoms with Crippen LogP contribution in [0.5, 0.6) is 11.5 Å². The molecule has 1 fully saturated rings. The molecule has 0 radical (unpaired) electrons. The Bertz CT molecular complexity index is 2080. The minimum Gasteiger partial charge on any atom is -0.497 e. The molecule has 3 heterocycles. The number of hydrogen-bond donors (Lipinski definition) is 1. The number of aliphatic imine (C=N–C) groups is 1. The van der Waals surface area contributed by atoms with Crippen molar-refractivity contribution in [3.63, 3.8) is 0 Å². The fraction of sp³-hybridized carbons (Fsp3) is 0.386. The number of benzene rings is 3. The molecule has 324 valence electrons. The van der Waals surface area contributed by atoms with E-state index < -0.39 is 29.6 Å². The quantitative estimate of drug-likeness (QED) is 0.0194. The van der Waals surface area contributed by atoms with Gasteiger partial charge in [-0.25, -0.2) is 9.98 Å². The smallest absolute Gasteiger partial charge is 0.497 e. The monoisotopic (exact) mass is 883 g/mol. The molecule has 2 aromatic heterocycles. The molecule has 16 heteroatoms. The molecule has 5 aromatic rings. The normalized spacial score (nSPS) is 17.3. The molecule has 5 atom stereocenters. The number of ether oxygens (including phenoxy) is 4. The van der Waals surface area contributed by atoms with Gasteiger partial charge < -0.3 is 46.7 Å². The van der Waals surface area contributed by atoms with Gasteiger partial charge in [-0.15, -0.1) is 0 Å². The third-order valence-corrected chi connectivity index (χ3v) is 9.64. The van der Waals surface area contributed by atoms with Crippen molar-refractivity contribution < 1.29 is 44.5 Å². The van der Waals surface area contributed by atoms with Crippen molar-refractivity contribution in [1.82, 2.24) is 24.4 Å². The summed E-state index contributed by atoms with van der Waals surface area (Å²) in [7, 11) is 6.55. The fourth-order valence-electron chi connectivity index (χ4n) is 6.36. The van der Waals surface area contributed by atoms with Crippen LogP contribution in [-0.4, -0.2) is 84.5 Å². The molecule has 0 bridgehead atoms. The van der Waals surface area contributed by atoms with Gasteiger partial charge in [0.15, 0.2) is 20.2 Å². The first-order chi connectivity index (χ1) is 28.6. The van der Waals surface area contributed by atoms with E-state index in [4.69, 9.17) is 33.3 Å². The molecule has 3 aromatic carbocycles. The van der Waals surface area contributed by atoms with Crippen LogP contribution in [0, 0.1) is 31.1 Å². The van der Waals surface area contributed by atoms with Crippen molar-refractivity contribution in [2.45, 2.75) is 64.1 Å². The number of fused-ring (bicyclic) bond motifs is 1. The minimum absolute atomic E-state index is 0. The van der Waals surface area contributed by atoms with Crippen molar-refractivity contribution >= 4 is 32.5 Å². The first kappa shape index (κ1) is 49.7. The van der Waals surface area contributed by atoms with Gasteiger partial charge in [-0.1, -0.05) is 75.4 Å². The number of imidazole rings is 1. The number of rotatable bonds is 16. The van der Waals surface area contributed by atoms with Crippen LogP contribution < -0.4 is 15.0 Å². The van der Waals surface area contributed by atoms with E-state index in [1.54, 1.807) is 36.4 Å². The minimum atomic E-state index is -1.10. The summed E-state index contributed by atoms with van der Waals surface area (Å²) in [5.74, 6) is 1.27. The number of nitrogens with zero attached hydrogens (tertiary/aromatic N) is 6. The van der Waals surface area contributed by atoms with Crippen LogP contribution >= 0.6 is 9.03 Å². The number of methoxy groups -OCH3 is 2. The van der Waals surface area contributed by atoms with Gasteiger partial charge in [-0.3, -0.25) is 14.3 Å². The molecular formula is C44H56N7NiO7P. The Hall–Kier alpha value is -4.67. The first-order valence-electron chi connectivity index (χ1n) is 19.4. The summed E-state index contributed by atoms with van der Waals surface area (Å²) in [5.41, 5.74) is 1.59. The fourth-order valence-corrected chi connectivity index (χ4v) is 7.09. The number of hydrogen-bond acceptors (Lipinski definition) is 11. The number of aromatic amines is 1. The molecule has 0 amide bonds. The Morgan fingerprint density at radius 2 is 1.55 bits per heavy atom. The van der Waals surface area contributed by atoms with E-state index in [0.717, 1.165) is 29.5 Å². The summed E-state index contributed by atoms with van der Waals surface area (Å²) in [5, 5.41) is 9.01. The molecule has 6 rings (SSSR count). The van der Waals surface area contributed by atoms with E-state index in [2.05, 4.69) is 39.9 Å². The van der Waals surface area contributed by atoms with Gasteiger partial charge in [-0.05, 0) is 41.0 Å². The summed E-state index contributed by atoms with van der Waals surface area (Å²) < 4.78 is 38.8. The Morgan fingerprint density at radius 1 is 0.983 bits per heavy atom. The van der Waals surface area contributed by atoms with E-state index in [9.17, 15) is 4.79 Å². The van der Waals surface area contributed by atoms with Crippen molar-refractivity contribution in [2.75, 3.05) is 41.5 Å². The van der Waals surface area contributed by atoms with Crippen LogP contribution in [0.4, 0.5) is 5.95 Å². The average molecular weight is 885 g/mol. The average Bonchev–Trinajstić information content (AvgIpc) is 3.81. The zero-order chi connectivity index (χ0) is 42.8. The van der Waals surface area contributed by atoms with E-state index in [1.165, 1.54) is 0 Å². The standard InChI is InChI=1S/C38H42N7O7P.2C3H7.Ni/c1-25-33(52-53-50-21-9-20-39)31(51-36(25)45-24-40-32-34(45)42-37(43-35(32)46)41-23-44(2)3)22-49-38(26-10-7-6-8-11-26,27-12-16-29(47-4)17-13-27)28-14-18-30(48-5)19-15-28;2*1-3-2;/h6-8,10-19,23-25,31,33,36,53H,9,21-22H2,1-5H3,(H,42,43,46);2*1,3H2,2H3;/q;2*-1;+2/b41-23-;;;/t25-,31+,33?,36+;;;/m0.../s1. The van der Waals surface area contributed by atoms with E-state index in [1.807, 2.05) is 114 Å². The number of nitriles is 1. The Labute approximate surface area is 365 Å². The summed E-state index contributed by atoms with van der Waals surface area (Å²) in [6, 6.07) is 27.7. The summed E-state index contributed by atoms with van der Waals surface area (Å²) in [6.07, 6.45) is 3.55. The van der Waals surface area contributed by atoms with E-state index >= 15 is 0 Å². The maximum atomic E-state index is 13.0. The van der Waals surface area contributed by atoms with Gasteiger partial charge in [-0.2, -0.15) is 23.1 Å². The Balaban J connectivity index is 0.00000130. The van der Waals surface area contributed by atoms with Gasteiger partial charge in [0.05, 0.1) is 58.7 Å². The molecule has 0 aliphatic carbocycles. The van der Waals surface area contributed by atoms with Gasteiger partial charge in [0, 0.05) is 20.0 Å². The third kappa shape index (κ3) is 12.4. The van der Waals surface area contributed by atoms with Crippen molar-refractivity contribution in [1.29, 1.82) is 5.26 Å². The summed E-state index contributed by atoms with van der Waals surface area (Å²) >= 11 is 0. The molecular weight excluding hydrogens is 828 g/mol. The molecule has 2 unspecified atom stereocenters. The topological polar surface area (TPSA) is 158 Å². The van der Waals surface area contributed by atoms with Crippen LogP contribution in [0.25, 0.3) is 11.2 Å². The SMILES string of the molecule is COc1ccc(C(OC[C@H]2O[C@@H](n3cnc4c(=O)[nH]c(/N=C\N(C)C)nc43)[C@@H](C)C2OPOCCC#N)(c2ccccc2)c2ccc(OC)cc2)cc1.[CH2-]CC.[CH2-]CC.[Ni+2]. The molecule has 0 spiro atoms. The largest absolute Gasteiger partial charge is 2.00 e. The maximum Gasteiger partial charge on any atom is 2.00 e. The predicted octanol–water partition coefficient (Wildman–Crippen LogP) is 8.18. The van der Waals surface area contributed by atoms with Gasteiger partial charge >= 0.3 is 16.5 Å². The molecule has 1 aliphatic heterocycles. The number of nitrogens with one attached hydrogen (secondary N) is 1. The first-order valence-corrected chi connectivity index (χ1v) is 20.2. The van der Waals surface area contributed by atoms with E-state index in [0.29, 0.717) is 17.1 Å². The Kier molecular flexibility index (Phi) is 20.9. The summed E-state index contributed by atoms with van der Waals surface area (Å²) in [4.78, 5) is 30.7. The number of H-pyrrole nitrogens is 1. The molecule has 60 heavy (non-hydrogen) atoms. The van der Waals surface area contributed by atoms with Crippen molar-refractivity contribution in [3.05, 3.63) is 126 Å². The second kappa shape index (κ2) is 25.2. The van der Waals surface area contributed by atoms with Crippen LogP contribution in [-0.2, 0) is 40.6 Å². The molecule has 1 N–H and O–H groups in total. The van der Waals surface area contributed by atoms with Crippen LogP contribution in [0.1, 0.15) is 63.0 Å². The van der Waals surface area contributed by atoms with Crippen LogP contribution in [0.15, 0.2) is 95.0 Å². The van der Waals surface area contributed by atoms with Crippen molar-refractivity contribution in [3.8, 4) is 17.6 Å². The van der Waals surface area contributed by atoms with Gasteiger partial charge in [0.1, 0.15) is 29.4 Å². The molecule has 1 saturated heterocycles. The zero-order valence-electron chi connectivity index (χ0n) is 35.3. The molecule has 14 nitrogen and oxygen atoms in total. The summed E-state index contributed by atoms with van der Waals surface area (Å²) in [6.45, 7) is 13.3. The molecule has 1 aliphatic rings. The number of aromatic nitrogens is 4. The van der Waals surface area contributed by atoms with Crippen molar-refractivity contribution in [2.24, 2.45) is 10.9 Å². The van der Waals surface area contributed by atoms with Gasteiger partial charge in [0.2, 0.25) is 5.95 Å². The van der Waals surface area contributed by atoms with Gasteiger partial charge in [0.25, 0.3) is 5.56 Å². The Morgan fingerprint density at radius 3 is 2.08 bits per heavy atom. The zero-order valence-corrected chi connectivity index (χ0v) is 37.3. The third-order valence-electron chi connectivity index (χ3n) is 8.95. The molecule has 0 saturated carbocycles. The second-order valence-corrected chi connectivity index (χ2v) is 14.3. The second-order valence-electron chi connectivity index (χ2n) is 13.6. The predicted molar refractivity (Wildman–Crippen MR) is 232 cm³/mol.